The summed E-state index contributed by atoms with van der Waals surface area (Å²) < 4.78 is 2.24. The standard InChI is InChI=1S/C13H15Cl6NO3/c1-23-9-7-11(22)20(8(9)4-6-13(17,18)19)10(21)3-2-5-12(14,15)16/h7-8H,2-6H2,1H3. The molecule has 0 radical (unpaired) electrons. The molecule has 132 valence electrons. The third-order valence-corrected chi connectivity index (χ3v) is 4.33. The maximum Gasteiger partial charge on any atom is 0.257 e. The minimum absolute atomic E-state index is 0.0642. The van der Waals surface area contributed by atoms with Gasteiger partial charge in [-0.2, -0.15) is 0 Å². The second kappa shape index (κ2) is 8.68. The highest BCUT2D eigenvalue weighted by Gasteiger charge is 2.39. The number of rotatable bonds is 6. The summed E-state index contributed by atoms with van der Waals surface area (Å²) >= 11 is 34.1. The SMILES string of the molecule is COC1=CC(=O)N(C(=O)CCCC(Cl)(Cl)Cl)C1CCC(Cl)(Cl)Cl. The highest BCUT2D eigenvalue weighted by atomic mass is 35.6. The molecule has 0 spiro atoms. The molecule has 23 heavy (non-hydrogen) atoms. The molecule has 0 aromatic carbocycles. The normalized spacial score (nSPS) is 19.1. The Balaban J connectivity index is 2.73. The molecule has 10 heteroatoms. The van der Waals surface area contributed by atoms with Crippen LogP contribution in [0.15, 0.2) is 11.8 Å². The number of nitrogens with zero attached hydrogens (tertiary/aromatic N) is 1. The maximum atomic E-state index is 12.3. The van der Waals surface area contributed by atoms with Crippen LogP contribution < -0.4 is 0 Å². The Morgan fingerprint density at radius 1 is 1.17 bits per heavy atom. The Bertz CT molecular complexity index is 483. The van der Waals surface area contributed by atoms with Crippen LogP contribution in [0.5, 0.6) is 0 Å². The van der Waals surface area contributed by atoms with Gasteiger partial charge in [0.05, 0.1) is 13.2 Å². The fraction of sp³-hybridized carbons (Fsp3) is 0.692. The van der Waals surface area contributed by atoms with Crippen LogP contribution in [0, 0.1) is 0 Å². The van der Waals surface area contributed by atoms with E-state index < -0.39 is 19.5 Å². The van der Waals surface area contributed by atoms with Crippen LogP contribution in [-0.2, 0) is 14.3 Å². The van der Waals surface area contributed by atoms with Crippen molar-refractivity contribution in [2.24, 2.45) is 0 Å². The number of carbonyl (C=O) groups is 2. The topological polar surface area (TPSA) is 46.6 Å². The highest BCUT2D eigenvalue weighted by Crippen LogP contribution is 2.36. The van der Waals surface area contributed by atoms with Crippen molar-refractivity contribution < 1.29 is 14.3 Å². The molecule has 0 aromatic rings. The van der Waals surface area contributed by atoms with Gasteiger partial charge in [0.1, 0.15) is 5.76 Å². The summed E-state index contributed by atoms with van der Waals surface area (Å²) in [5.41, 5.74) is 0. The lowest BCUT2D eigenvalue weighted by Gasteiger charge is -2.26. The van der Waals surface area contributed by atoms with Gasteiger partial charge in [0.25, 0.3) is 5.91 Å². The largest absolute Gasteiger partial charge is 0.499 e. The van der Waals surface area contributed by atoms with Crippen molar-refractivity contribution in [1.29, 1.82) is 0 Å². The van der Waals surface area contributed by atoms with Crippen LogP contribution >= 0.6 is 69.6 Å². The van der Waals surface area contributed by atoms with Gasteiger partial charge >= 0.3 is 0 Å². The predicted octanol–water partition coefficient (Wildman–Crippen LogP) is 4.95. The summed E-state index contributed by atoms with van der Waals surface area (Å²) in [5, 5.41) is 0. The molecular formula is C13H15Cl6NO3. The molecule has 1 aliphatic rings. The van der Waals surface area contributed by atoms with Crippen molar-refractivity contribution in [1.82, 2.24) is 4.90 Å². The van der Waals surface area contributed by atoms with Crippen molar-refractivity contribution in [3.63, 3.8) is 0 Å². The minimum Gasteiger partial charge on any atom is -0.499 e. The van der Waals surface area contributed by atoms with Gasteiger partial charge < -0.3 is 4.74 Å². The Kier molecular flexibility index (Phi) is 8.10. The van der Waals surface area contributed by atoms with E-state index in [0.717, 1.165) is 4.90 Å². The Morgan fingerprint density at radius 3 is 2.22 bits per heavy atom. The minimum atomic E-state index is -1.48. The first-order valence-electron chi connectivity index (χ1n) is 6.69. The number of hydrogen-bond acceptors (Lipinski definition) is 3. The zero-order valence-corrected chi connectivity index (χ0v) is 16.7. The fourth-order valence-electron chi connectivity index (χ4n) is 2.19. The van der Waals surface area contributed by atoms with Gasteiger partial charge in [0.2, 0.25) is 5.91 Å². The molecule has 1 aliphatic heterocycles. The van der Waals surface area contributed by atoms with Crippen molar-refractivity contribution in [2.45, 2.75) is 45.7 Å². The molecule has 0 aliphatic carbocycles. The lowest BCUT2D eigenvalue weighted by Crippen LogP contribution is -2.41. The smallest absolute Gasteiger partial charge is 0.257 e. The van der Waals surface area contributed by atoms with E-state index in [1.807, 2.05) is 0 Å². The number of amides is 2. The Morgan fingerprint density at radius 2 is 1.74 bits per heavy atom. The van der Waals surface area contributed by atoms with Gasteiger partial charge in [-0.05, 0) is 25.7 Å². The molecule has 1 heterocycles. The quantitative estimate of drug-likeness (QED) is 0.544. The number of ether oxygens (including phenoxy) is 1. The molecule has 1 rings (SSSR count). The second-order valence-corrected chi connectivity index (χ2v) is 10.0. The van der Waals surface area contributed by atoms with Gasteiger partial charge in [0.15, 0.2) is 7.59 Å². The first-order valence-corrected chi connectivity index (χ1v) is 8.96. The molecule has 0 bridgehead atoms. The third kappa shape index (κ3) is 7.45. The van der Waals surface area contributed by atoms with Crippen LogP contribution in [-0.4, -0.2) is 37.5 Å². The van der Waals surface area contributed by atoms with E-state index >= 15 is 0 Å². The van der Waals surface area contributed by atoms with E-state index in [2.05, 4.69) is 0 Å². The molecule has 4 nitrogen and oxygen atoms in total. The number of carbonyl (C=O) groups excluding carboxylic acids is 2. The van der Waals surface area contributed by atoms with E-state index in [9.17, 15) is 9.59 Å². The van der Waals surface area contributed by atoms with Crippen LogP contribution in [0.1, 0.15) is 32.1 Å². The number of hydrogen-bond donors (Lipinski definition) is 0. The van der Waals surface area contributed by atoms with Crippen molar-refractivity contribution in [3.05, 3.63) is 11.8 Å². The van der Waals surface area contributed by atoms with E-state index in [1.165, 1.54) is 13.2 Å². The average molecular weight is 446 g/mol. The molecule has 0 saturated heterocycles. The predicted molar refractivity (Wildman–Crippen MR) is 94.4 cm³/mol. The zero-order valence-electron chi connectivity index (χ0n) is 12.1. The molecular weight excluding hydrogens is 431 g/mol. The number of alkyl halides is 6. The molecule has 1 atom stereocenters. The number of halogens is 6. The van der Waals surface area contributed by atoms with Crippen LogP contribution in [0.25, 0.3) is 0 Å². The molecule has 0 N–H and O–H groups in total. The van der Waals surface area contributed by atoms with Crippen LogP contribution in [0.2, 0.25) is 0 Å². The summed E-state index contributed by atoms with van der Waals surface area (Å²) in [6.45, 7) is 0. The number of imide groups is 1. The van der Waals surface area contributed by atoms with Crippen LogP contribution in [0.4, 0.5) is 0 Å². The summed E-state index contributed by atoms with van der Waals surface area (Å²) in [4.78, 5) is 25.5. The molecule has 0 aromatic heterocycles. The van der Waals surface area contributed by atoms with Gasteiger partial charge in [-0.25, -0.2) is 0 Å². The Hall–Kier alpha value is 0.420. The summed E-state index contributed by atoms with van der Waals surface area (Å²) in [5.74, 6) is -0.490. The van der Waals surface area contributed by atoms with Crippen molar-refractivity contribution in [2.75, 3.05) is 7.11 Å². The van der Waals surface area contributed by atoms with Crippen molar-refractivity contribution >= 4 is 81.4 Å². The average Bonchev–Trinajstić information content (AvgIpc) is 2.70. The van der Waals surface area contributed by atoms with E-state index in [-0.39, 0.29) is 31.6 Å². The fourth-order valence-corrected chi connectivity index (χ4v) is 2.92. The summed E-state index contributed by atoms with van der Waals surface area (Å²) in [6, 6.07) is -0.594. The van der Waals surface area contributed by atoms with Crippen LogP contribution in [0.3, 0.4) is 0 Å². The second-order valence-electron chi connectivity index (χ2n) is 4.99. The van der Waals surface area contributed by atoms with Gasteiger partial charge in [0, 0.05) is 12.5 Å². The summed E-state index contributed by atoms with van der Waals surface area (Å²) in [6.07, 6.45) is 2.30. The molecule has 0 fully saturated rings. The lowest BCUT2D eigenvalue weighted by atomic mass is 10.1. The first-order chi connectivity index (χ1) is 10.4. The zero-order chi connectivity index (χ0) is 17.8. The molecule has 2 amide bonds. The van der Waals surface area contributed by atoms with Crippen molar-refractivity contribution in [3.8, 4) is 0 Å². The van der Waals surface area contributed by atoms with E-state index in [1.54, 1.807) is 0 Å². The van der Waals surface area contributed by atoms with E-state index in [4.69, 9.17) is 74.3 Å². The maximum absolute atomic E-state index is 12.3. The lowest BCUT2D eigenvalue weighted by molar-refractivity contribution is -0.143. The highest BCUT2D eigenvalue weighted by molar-refractivity contribution is 6.67. The van der Waals surface area contributed by atoms with Gasteiger partial charge in [-0.3, -0.25) is 14.5 Å². The monoisotopic (exact) mass is 443 g/mol. The van der Waals surface area contributed by atoms with Gasteiger partial charge in [-0.1, -0.05) is 69.6 Å². The number of methoxy groups -OCH3 is 1. The van der Waals surface area contributed by atoms with E-state index in [0.29, 0.717) is 12.2 Å². The summed E-state index contributed by atoms with van der Waals surface area (Å²) in [7, 11) is 1.41. The first kappa shape index (κ1) is 21.5. The third-order valence-electron chi connectivity index (χ3n) is 3.20. The van der Waals surface area contributed by atoms with Gasteiger partial charge in [-0.15, -0.1) is 0 Å². The molecule has 0 saturated carbocycles. The molecule has 1 unspecified atom stereocenters. The Labute approximate surface area is 164 Å².